The third-order valence-electron chi connectivity index (χ3n) is 3.06. The lowest BCUT2D eigenvalue weighted by Gasteiger charge is -2.04. The van der Waals surface area contributed by atoms with Crippen molar-refractivity contribution in [3.63, 3.8) is 0 Å². The number of nitrogens with zero attached hydrogens (tertiary/aromatic N) is 2. The molecule has 0 amide bonds. The summed E-state index contributed by atoms with van der Waals surface area (Å²) in [5.74, 6) is 0.516. The Balaban J connectivity index is 1.97. The molecule has 0 spiro atoms. The van der Waals surface area contributed by atoms with Gasteiger partial charge in [-0.1, -0.05) is 18.2 Å². The molecule has 3 aromatic rings. The molecule has 1 heterocycles. The number of benzene rings is 2. The largest absolute Gasteiger partial charge is 0.497 e. The van der Waals surface area contributed by atoms with E-state index in [4.69, 9.17) is 4.74 Å². The van der Waals surface area contributed by atoms with Gasteiger partial charge in [0.15, 0.2) is 0 Å². The smallest absolute Gasteiger partial charge is 0.123 e. The fraction of sp³-hybridized carbons (Fsp3) is 0.0625. The normalized spacial score (nSPS) is 10.5. The zero-order valence-electron chi connectivity index (χ0n) is 11.0. The number of rotatable bonds is 3. The molecule has 0 radical (unpaired) electrons. The standard InChI is InChI=1S/C16H13FN2O/c1-20-16-7-3-6-15(9-16)19-11-13(10-18-19)12-4-2-5-14(17)8-12/h2-11H,1H3. The molecule has 0 atom stereocenters. The summed E-state index contributed by atoms with van der Waals surface area (Å²) in [6.07, 6.45) is 3.58. The molecule has 1 aromatic heterocycles. The maximum Gasteiger partial charge on any atom is 0.123 e. The van der Waals surface area contributed by atoms with Crippen LogP contribution in [0.2, 0.25) is 0 Å². The van der Waals surface area contributed by atoms with Crippen molar-refractivity contribution in [2.75, 3.05) is 7.11 Å². The molecule has 0 aliphatic heterocycles. The van der Waals surface area contributed by atoms with Crippen molar-refractivity contribution in [2.45, 2.75) is 0 Å². The van der Waals surface area contributed by atoms with Gasteiger partial charge in [0.05, 0.1) is 19.0 Å². The first-order chi connectivity index (χ1) is 9.76. The van der Waals surface area contributed by atoms with Gasteiger partial charge in [0.2, 0.25) is 0 Å². The summed E-state index contributed by atoms with van der Waals surface area (Å²) in [7, 11) is 1.63. The predicted octanol–water partition coefficient (Wildman–Crippen LogP) is 3.69. The molecule has 3 nitrogen and oxygen atoms in total. The first kappa shape index (κ1) is 12.4. The fourth-order valence-electron chi connectivity index (χ4n) is 2.03. The molecule has 0 unspecified atom stereocenters. The minimum atomic E-state index is -0.253. The Bertz CT molecular complexity index is 737. The SMILES string of the molecule is COc1cccc(-n2cc(-c3cccc(F)c3)cn2)c1. The summed E-state index contributed by atoms with van der Waals surface area (Å²) in [6.45, 7) is 0. The summed E-state index contributed by atoms with van der Waals surface area (Å²) >= 11 is 0. The van der Waals surface area contributed by atoms with E-state index in [2.05, 4.69) is 5.10 Å². The second-order valence-corrected chi connectivity index (χ2v) is 4.39. The zero-order valence-corrected chi connectivity index (χ0v) is 11.0. The number of hydrogen-bond donors (Lipinski definition) is 0. The summed E-state index contributed by atoms with van der Waals surface area (Å²) in [6, 6.07) is 14.1. The van der Waals surface area contributed by atoms with E-state index < -0.39 is 0 Å². The lowest BCUT2D eigenvalue weighted by Crippen LogP contribution is -1.94. The highest BCUT2D eigenvalue weighted by Crippen LogP contribution is 2.22. The van der Waals surface area contributed by atoms with Crippen molar-refractivity contribution < 1.29 is 9.13 Å². The minimum Gasteiger partial charge on any atom is -0.497 e. The van der Waals surface area contributed by atoms with Gasteiger partial charge in [-0.2, -0.15) is 5.10 Å². The van der Waals surface area contributed by atoms with E-state index in [1.54, 1.807) is 24.1 Å². The van der Waals surface area contributed by atoms with E-state index >= 15 is 0 Å². The Morgan fingerprint density at radius 1 is 1.05 bits per heavy atom. The molecule has 0 aliphatic carbocycles. The quantitative estimate of drug-likeness (QED) is 0.724. The van der Waals surface area contributed by atoms with Crippen molar-refractivity contribution in [1.29, 1.82) is 0 Å². The molecule has 0 saturated carbocycles. The number of methoxy groups -OCH3 is 1. The van der Waals surface area contributed by atoms with Crippen LogP contribution in [-0.2, 0) is 0 Å². The van der Waals surface area contributed by atoms with Gasteiger partial charge in [0, 0.05) is 17.8 Å². The summed E-state index contributed by atoms with van der Waals surface area (Å²) in [4.78, 5) is 0. The lowest BCUT2D eigenvalue weighted by molar-refractivity contribution is 0.414. The molecule has 0 N–H and O–H groups in total. The van der Waals surface area contributed by atoms with E-state index in [1.807, 2.05) is 36.5 Å². The predicted molar refractivity (Wildman–Crippen MR) is 75.5 cm³/mol. The summed E-state index contributed by atoms with van der Waals surface area (Å²) in [5, 5.41) is 4.31. The summed E-state index contributed by atoms with van der Waals surface area (Å²) in [5.41, 5.74) is 2.57. The van der Waals surface area contributed by atoms with Gasteiger partial charge >= 0.3 is 0 Å². The number of hydrogen-bond acceptors (Lipinski definition) is 2. The maximum absolute atomic E-state index is 13.2. The first-order valence-corrected chi connectivity index (χ1v) is 6.21. The van der Waals surface area contributed by atoms with Gasteiger partial charge in [0.1, 0.15) is 11.6 Å². The van der Waals surface area contributed by atoms with E-state index in [0.717, 1.165) is 22.6 Å². The monoisotopic (exact) mass is 268 g/mol. The van der Waals surface area contributed by atoms with Crippen LogP contribution in [0.3, 0.4) is 0 Å². The van der Waals surface area contributed by atoms with E-state index in [1.165, 1.54) is 12.1 Å². The molecule has 0 fully saturated rings. The van der Waals surface area contributed by atoms with Crippen molar-refractivity contribution in [1.82, 2.24) is 9.78 Å². The van der Waals surface area contributed by atoms with Crippen LogP contribution in [0.15, 0.2) is 60.9 Å². The van der Waals surface area contributed by atoms with Crippen molar-refractivity contribution in [2.24, 2.45) is 0 Å². The molecule has 2 aromatic carbocycles. The van der Waals surface area contributed by atoms with Crippen molar-refractivity contribution in [3.8, 4) is 22.6 Å². The average Bonchev–Trinajstić information content (AvgIpc) is 2.97. The van der Waals surface area contributed by atoms with Crippen LogP contribution >= 0.6 is 0 Å². The maximum atomic E-state index is 13.2. The Kier molecular flexibility index (Phi) is 3.21. The van der Waals surface area contributed by atoms with Gasteiger partial charge in [-0.3, -0.25) is 0 Å². The topological polar surface area (TPSA) is 27.1 Å². The number of aromatic nitrogens is 2. The van der Waals surface area contributed by atoms with Crippen LogP contribution < -0.4 is 4.74 Å². The van der Waals surface area contributed by atoms with Crippen LogP contribution in [0.25, 0.3) is 16.8 Å². The zero-order chi connectivity index (χ0) is 13.9. The third kappa shape index (κ3) is 2.40. The second kappa shape index (κ2) is 5.17. The van der Waals surface area contributed by atoms with Gasteiger partial charge in [-0.05, 0) is 29.8 Å². The highest BCUT2D eigenvalue weighted by Gasteiger charge is 2.05. The van der Waals surface area contributed by atoms with Gasteiger partial charge in [-0.25, -0.2) is 9.07 Å². The van der Waals surface area contributed by atoms with Gasteiger partial charge in [-0.15, -0.1) is 0 Å². The van der Waals surface area contributed by atoms with Crippen LogP contribution in [-0.4, -0.2) is 16.9 Å². The summed E-state index contributed by atoms with van der Waals surface area (Å²) < 4.78 is 20.2. The third-order valence-corrected chi connectivity index (χ3v) is 3.06. The highest BCUT2D eigenvalue weighted by atomic mass is 19.1. The first-order valence-electron chi connectivity index (χ1n) is 6.21. The molecule has 4 heteroatoms. The minimum absolute atomic E-state index is 0.253. The number of halogens is 1. The van der Waals surface area contributed by atoms with E-state index in [0.29, 0.717) is 0 Å². The van der Waals surface area contributed by atoms with Gasteiger partial charge < -0.3 is 4.74 Å². The second-order valence-electron chi connectivity index (χ2n) is 4.39. The average molecular weight is 268 g/mol. The van der Waals surface area contributed by atoms with Crippen molar-refractivity contribution >= 4 is 0 Å². The van der Waals surface area contributed by atoms with Gasteiger partial charge in [0.25, 0.3) is 0 Å². The number of ether oxygens (including phenoxy) is 1. The lowest BCUT2D eigenvalue weighted by atomic mass is 10.1. The van der Waals surface area contributed by atoms with Crippen LogP contribution in [0, 0.1) is 5.82 Å². The van der Waals surface area contributed by atoms with E-state index in [9.17, 15) is 4.39 Å². The van der Waals surface area contributed by atoms with Crippen LogP contribution in [0.1, 0.15) is 0 Å². The molecule has 0 bridgehead atoms. The fourth-order valence-corrected chi connectivity index (χ4v) is 2.03. The molecular weight excluding hydrogens is 255 g/mol. The van der Waals surface area contributed by atoms with Crippen molar-refractivity contribution in [3.05, 3.63) is 66.7 Å². The molecule has 0 aliphatic rings. The molecule has 100 valence electrons. The van der Waals surface area contributed by atoms with E-state index in [-0.39, 0.29) is 5.82 Å². The molecule has 0 saturated heterocycles. The Morgan fingerprint density at radius 3 is 2.70 bits per heavy atom. The molecular formula is C16H13FN2O. The highest BCUT2D eigenvalue weighted by molar-refractivity contribution is 5.62. The van der Waals surface area contributed by atoms with Crippen LogP contribution in [0.4, 0.5) is 4.39 Å². The Morgan fingerprint density at radius 2 is 1.90 bits per heavy atom. The molecule has 3 rings (SSSR count). The molecule has 20 heavy (non-hydrogen) atoms. The Hall–Kier alpha value is -2.62. The van der Waals surface area contributed by atoms with Crippen LogP contribution in [0.5, 0.6) is 5.75 Å². The Labute approximate surface area is 116 Å².